The lowest BCUT2D eigenvalue weighted by atomic mass is 10.1. The van der Waals surface area contributed by atoms with Gasteiger partial charge in [0.15, 0.2) is 0 Å². The standard InChI is InChI=1S/C16H24N4O/c1-10(2)15-19-13(14(17)20(15)16(3,4)5)11-7-8-12(21-6)18-9-11/h7-10H,17H2,1-6H3. The number of nitrogen functional groups attached to an aromatic ring is 1. The van der Waals surface area contributed by atoms with Crippen molar-refractivity contribution >= 4 is 5.82 Å². The molecule has 0 saturated heterocycles. The van der Waals surface area contributed by atoms with E-state index in [1.54, 1.807) is 13.3 Å². The predicted octanol–water partition coefficient (Wildman–Crippen LogP) is 3.41. The summed E-state index contributed by atoms with van der Waals surface area (Å²) in [5, 5.41) is 0. The van der Waals surface area contributed by atoms with Crippen LogP contribution in [0.3, 0.4) is 0 Å². The summed E-state index contributed by atoms with van der Waals surface area (Å²) >= 11 is 0. The quantitative estimate of drug-likeness (QED) is 0.940. The van der Waals surface area contributed by atoms with Gasteiger partial charge in [0.25, 0.3) is 0 Å². The minimum atomic E-state index is -0.116. The van der Waals surface area contributed by atoms with Crippen molar-refractivity contribution in [3.05, 3.63) is 24.2 Å². The first-order valence-corrected chi connectivity index (χ1v) is 7.14. The number of ether oxygens (including phenoxy) is 1. The Hall–Kier alpha value is -2.04. The van der Waals surface area contributed by atoms with Gasteiger partial charge in [0.05, 0.1) is 7.11 Å². The summed E-state index contributed by atoms with van der Waals surface area (Å²) in [4.78, 5) is 8.99. The Bertz CT molecular complexity index is 621. The normalized spacial score (nSPS) is 12.0. The molecule has 5 heteroatoms. The molecule has 5 nitrogen and oxygen atoms in total. The molecule has 0 amide bonds. The number of rotatable bonds is 3. The molecular weight excluding hydrogens is 264 g/mol. The average Bonchev–Trinajstić information content (AvgIpc) is 2.76. The van der Waals surface area contributed by atoms with Crippen LogP contribution in [0.1, 0.15) is 46.4 Å². The lowest BCUT2D eigenvalue weighted by Gasteiger charge is -2.26. The number of hydrogen-bond donors (Lipinski definition) is 1. The summed E-state index contributed by atoms with van der Waals surface area (Å²) in [6, 6.07) is 3.75. The zero-order valence-corrected chi connectivity index (χ0v) is 13.6. The lowest BCUT2D eigenvalue weighted by molar-refractivity contribution is 0.382. The van der Waals surface area contributed by atoms with E-state index in [0.717, 1.165) is 17.1 Å². The second kappa shape index (κ2) is 5.39. The molecule has 114 valence electrons. The molecule has 0 unspecified atom stereocenters. The first kappa shape index (κ1) is 15.4. The van der Waals surface area contributed by atoms with Crippen LogP contribution in [-0.2, 0) is 5.54 Å². The van der Waals surface area contributed by atoms with Crippen LogP contribution in [0.25, 0.3) is 11.3 Å². The van der Waals surface area contributed by atoms with Crippen LogP contribution < -0.4 is 10.5 Å². The molecule has 0 spiro atoms. The predicted molar refractivity (Wildman–Crippen MR) is 85.5 cm³/mol. The van der Waals surface area contributed by atoms with Crippen molar-refractivity contribution in [3.63, 3.8) is 0 Å². The molecule has 2 heterocycles. The topological polar surface area (TPSA) is 66.0 Å². The minimum absolute atomic E-state index is 0.116. The van der Waals surface area contributed by atoms with Crippen LogP contribution in [0, 0.1) is 0 Å². The number of pyridine rings is 1. The minimum Gasteiger partial charge on any atom is -0.481 e. The lowest BCUT2D eigenvalue weighted by Crippen LogP contribution is -2.26. The Morgan fingerprint density at radius 1 is 1.24 bits per heavy atom. The molecular formula is C16H24N4O. The first-order chi connectivity index (χ1) is 9.75. The van der Waals surface area contributed by atoms with E-state index >= 15 is 0 Å². The van der Waals surface area contributed by atoms with Gasteiger partial charge in [-0.3, -0.25) is 0 Å². The van der Waals surface area contributed by atoms with Crippen LogP contribution in [0.2, 0.25) is 0 Å². The molecule has 0 bridgehead atoms. The van der Waals surface area contributed by atoms with E-state index in [4.69, 9.17) is 15.5 Å². The van der Waals surface area contributed by atoms with Crippen LogP contribution in [0.5, 0.6) is 5.88 Å². The third-order valence-electron chi connectivity index (χ3n) is 3.35. The molecule has 0 saturated carbocycles. The van der Waals surface area contributed by atoms with Crippen molar-refractivity contribution in [3.8, 4) is 17.1 Å². The van der Waals surface area contributed by atoms with Gasteiger partial charge in [0.2, 0.25) is 5.88 Å². The second-order valence-corrected chi connectivity index (χ2v) is 6.45. The molecule has 0 aromatic carbocycles. The van der Waals surface area contributed by atoms with Gasteiger partial charge in [-0.25, -0.2) is 9.97 Å². The van der Waals surface area contributed by atoms with Crippen LogP contribution in [-0.4, -0.2) is 21.6 Å². The first-order valence-electron chi connectivity index (χ1n) is 7.14. The maximum Gasteiger partial charge on any atom is 0.212 e. The number of imidazole rings is 1. The molecule has 0 aliphatic heterocycles. The van der Waals surface area contributed by atoms with Gasteiger partial charge in [0, 0.05) is 29.3 Å². The fraction of sp³-hybridized carbons (Fsp3) is 0.500. The molecule has 2 rings (SSSR count). The smallest absolute Gasteiger partial charge is 0.212 e. The van der Waals surface area contributed by atoms with Gasteiger partial charge in [-0.05, 0) is 26.8 Å². The SMILES string of the molecule is COc1ccc(-c2nc(C(C)C)n(C(C)(C)C)c2N)cn1. The zero-order chi connectivity index (χ0) is 15.8. The van der Waals surface area contributed by atoms with Gasteiger partial charge in [-0.1, -0.05) is 13.8 Å². The monoisotopic (exact) mass is 288 g/mol. The largest absolute Gasteiger partial charge is 0.481 e. The van der Waals surface area contributed by atoms with Crippen molar-refractivity contribution in [1.82, 2.24) is 14.5 Å². The molecule has 0 fully saturated rings. The van der Waals surface area contributed by atoms with E-state index < -0.39 is 0 Å². The highest BCUT2D eigenvalue weighted by molar-refractivity contribution is 5.71. The molecule has 2 aromatic rings. The van der Waals surface area contributed by atoms with Crippen LogP contribution in [0.15, 0.2) is 18.3 Å². The molecule has 0 aliphatic carbocycles. The highest BCUT2D eigenvalue weighted by Crippen LogP contribution is 2.34. The third-order valence-corrected chi connectivity index (χ3v) is 3.35. The summed E-state index contributed by atoms with van der Waals surface area (Å²) in [6.07, 6.45) is 1.74. The highest BCUT2D eigenvalue weighted by atomic mass is 16.5. The van der Waals surface area contributed by atoms with Crippen LogP contribution >= 0.6 is 0 Å². The summed E-state index contributed by atoms with van der Waals surface area (Å²) in [6.45, 7) is 10.6. The number of nitrogens with two attached hydrogens (primary N) is 1. The van der Waals surface area contributed by atoms with Gasteiger partial charge < -0.3 is 15.0 Å². The highest BCUT2D eigenvalue weighted by Gasteiger charge is 2.26. The molecule has 0 atom stereocenters. The molecule has 0 aliphatic rings. The van der Waals surface area contributed by atoms with Gasteiger partial charge in [-0.15, -0.1) is 0 Å². The third kappa shape index (κ3) is 2.86. The Balaban J connectivity index is 2.59. The Labute approximate surface area is 126 Å². The van der Waals surface area contributed by atoms with Crippen molar-refractivity contribution in [2.75, 3.05) is 12.8 Å². The summed E-state index contributed by atoms with van der Waals surface area (Å²) in [5.74, 6) is 2.55. The number of nitrogens with zero attached hydrogens (tertiary/aromatic N) is 3. The van der Waals surface area contributed by atoms with Gasteiger partial charge in [0.1, 0.15) is 17.3 Å². The average molecular weight is 288 g/mol. The van der Waals surface area contributed by atoms with Crippen LogP contribution in [0.4, 0.5) is 5.82 Å². The van der Waals surface area contributed by atoms with Crippen molar-refractivity contribution in [1.29, 1.82) is 0 Å². The second-order valence-electron chi connectivity index (χ2n) is 6.45. The Morgan fingerprint density at radius 3 is 2.29 bits per heavy atom. The Kier molecular flexibility index (Phi) is 3.94. The number of methoxy groups -OCH3 is 1. The van der Waals surface area contributed by atoms with E-state index in [9.17, 15) is 0 Å². The molecule has 2 N–H and O–H groups in total. The van der Waals surface area contributed by atoms with E-state index in [1.807, 2.05) is 12.1 Å². The fourth-order valence-corrected chi connectivity index (χ4v) is 2.40. The number of aromatic nitrogens is 3. The zero-order valence-electron chi connectivity index (χ0n) is 13.6. The summed E-state index contributed by atoms with van der Waals surface area (Å²) in [5.41, 5.74) is 7.94. The van der Waals surface area contributed by atoms with E-state index in [0.29, 0.717) is 17.6 Å². The Morgan fingerprint density at radius 2 is 1.90 bits per heavy atom. The summed E-state index contributed by atoms with van der Waals surface area (Å²) in [7, 11) is 1.60. The van der Waals surface area contributed by atoms with E-state index in [-0.39, 0.29) is 5.54 Å². The van der Waals surface area contributed by atoms with Crippen molar-refractivity contribution in [2.24, 2.45) is 0 Å². The van der Waals surface area contributed by atoms with Gasteiger partial charge in [-0.2, -0.15) is 0 Å². The molecule has 2 aromatic heterocycles. The molecule has 0 radical (unpaired) electrons. The van der Waals surface area contributed by atoms with Crippen molar-refractivity contribution in [2.45, 2.75) is 46.1 Å². The van der Waals surface area contributed by atoms with Crippen molar-refractivity contribution < 1.29 is 4.74 Å². The molecule has 21 heavy (non-hydrogen) atoms. The van der Waals surface area contributed by atoms with E-state index in [1.165, 1.54) is 0 Å². The maximum atomic E-state index is 6.37. The fourth-order valence-electron chi connectivity index (χ4n) is 2.40. The van der Waals surface area contributed by atoms with E-state index in [2.05, 4.69) is 44.2 Å². The maximum absolute atomic E-state index is 6.37. The summed E-state index contributed by atoms with van der Waals surface area (Å²) < 4.78 is 7.20. The number of anilines is 1. The van der Waals surface area contributed by atoms with Gasteiger partial charge >= 0.3 is 0 Å². The number of hydrogen-bond acceptors (Lipinski definition) is 4.